The van der Waals surface area contributed by atoms with Gasteiger partial charge in [-0.15, -0.1) is 0 Å². The van der Waals surface area contributed by atoms with E-state index in [0.717, 1.165) is 19.3 Å². The standard InChI is InChI=1S/C14H17ClFNO/c1-14(2)7-6-9(8-14)17-13(18)10-4-3-5-11(16)12(10)15/h3-5,9H,6-8H2,1-2H3,(H,17,18). The topological polar surface area (TPSA) is 29.1 Å². The van der Waals surface area contributed by atoms with Gasteiger partial charge in [0.15, 0.2) is 0 Å². The Morgan fingerprint density at radius 1 is 1.50 bits per heavy atom. The maximum atomic E-state index is 13.3. The summed E-state index contributed by atoms with van der Waals surface area (Å²) in [6.45, 7) is 4.38. The van der Waals surface area contributed by atoms with E-state index in [2.05, 4.69) is 19.2 Å². The summed E-state index contributed by atoms with van der Waals surface area (Å²) >= 11 is 5.79. The first-order valence-corrected chi connectivity index (χ1v) is 6.52. The van der Waals surface area contributed by atoms with E-state index in [0.29, 0.717) is 0 Å². The van der Waals surface area contributed by atoms with Gasteiger partial charge < -0.3 is 5.32 Å². The molecule has 2 rings (SSSR count). The van der Waals surface area contributed by atoms with Gasteiger partial charge >= 0.3 is 0 Å². The van der Waals surface area contributed by atoms with Crippen LogP contribution in [0.15, 0.2) is 18.2 Å². The SMILES string of the molecule is CC1(C)CCC(NC(=O)c2cccc(F)c2Cl)C1. The lowest BCUT2D eigenvalue weighted by molar-refractivity contribution is 0.0935. The molecule has 0 radical (unpaired) electrons. The third-order valence-corrected chi connectivity index (χ3v) is 3.88. The molecule has 2 nitrogen and oxygen atoms in total. The first kappa shape index (κ1) is 13.3. The highest BCUT2D eigenvalue weighted by atomic mass is 35.5. The minimum absolute atomic E-state index is 0.104. The van der Waals surface area contributed by atoms with Crippen molar-refractivity contribution in [1.82, 2.24) is 5.32 Å². The lowest BCUT2D eigenvalue weighted by Gasteiger charge is -2.18. The fraction of sp³-hybridized carbons (Fsp3) is 0.500. The van der Waals surface area contributed by atoms with E-state index in [-0.39, 0.29) is 28.0 Å². The molecule has 18 heavy (non-hydrogen) atoms. The largest absolute Gasteiger partial charge is 0.349 e. The minimum atomic E-state index is -0.559. The van der Waals surface area contributed by atoms with E-state index in [1.54, 1.807) is 6.07 Å². The summed E-state index contributed by atoms with van der Waals surface area (Å²) in [6.07, 6.45) is 3.01. The second-order valence-electron chi connectivity index (χ2n) is 5.68. The molecule has 0 aromatic heterocycles. The molecule has 1 aliphatic rings. The summed E-state index contributed by atoms with van der Waals surface area (Å²) in [4.78, 5) is 12.0. The summed E-state index contributed by atoms with van der Waals surface area (Å²) < 4.78 is 13.3. The Hall–Kier alpha value is -1.09. The van der Waals surface area contributed by atoms with E-state index in [4.69, 9.17) is 11.6 Å². The fourth-order valence-corrected chi connectivity index (χ4v) is 2.71. The van der Waals surface area contributed by atoms with E-state index in [1.165, 1.54) is 12.1 Å². The van der Waals surface area contributed by atoms with Gasteiger partial charge in [0.1, 0.15) is 5.82 Å². The number of carbonyl (C=O) groups excluding carboxylic acids is 1. The molecule has 98 valence electrons. The van der Waals surface area contributed by atoms with Crippen LogP contribution in [0.2, 0.25) is 5.02 Å². The average molecular weight is 270 g/mol. The molecule has 0 spiro atoms. The third-order valence-electron chi connectivity index (χ3n) is 3.50. The summed E-state index contributed by atoms with van der Waals surface area (Å²) in [6, 6.07) is 4.44. The van der Waals surface area contributed by atoms with Crippen LogP contribution < -0.4 is 5.32 Å². The Bertz CT molecular complexity index is 473. The van der Waals surface area contributed by atoms with E-state index in [9.17, 15) is 9.18 Å². The third kappa shape index (κ3) is 2.83. The summed E-state index contributed by atoms with van der Waals surface area (Å²) in [5.41, 5.74) is 0.477. The number of benzene rings is 1. The van der Waals surface area contributed by atoms with Gasteiger partial charge in [-0.25, -0.2) is 4.39 Å². The molecule has 1 N–H and O–H groups in total. The van der Waals surface area contributed by atoms with Gasteiger partial charge in [-0.05, 0) is 36.8 Å². The summed E-state index contributed by atoms with van der Waals surface area (Å²) in [5, 5.41) is 2.82. The molecular weight excluding hydrogens is 253 g/mol. The van der Waals surface area contributed by atoms with Crippen LogP contribution in [0.5, 0.6) is 0 Å². The molecule has 1 aromatic carbocycles. The maximum Gasteiger partial charge on any atom is 0.253 e. The van der Waals surface area contributed by atoms with Crippen molar-refractivity contribution in [2.45, 2.75) is 39.2 Å². The molecule has 1 saturated carbocycles. The van der Waals surface area contributed by atoms with Crippen LogP contribution in [0.3, 0.4) is 0 Å². The normalized spacial score (nSPS) is 21.9. The minimum Gasteiger partial charge on any atom is -0.349 e. The highest BCUT2D eigenvalue weighted by molar-refractivity contribution is 6.34. The van der Waals surface area contributed by atoms with Crippen molar-refractivity contribution < 1.29 is 9.18 Å². The smallest absolute Gasteiger partial charge is 0.253 e. The number of amides is 1. The molecule has 0 bridgehead atoms. The quantitative estimate of drug-likeness (QED) is 0.870. The summed E-state index contributed by atoms with van der Waals surface area (Å²) in [5.74, 6) is -0.849. The van der Waals surface area contributed by atoms with Crippen molar-refractivity contribution >= 4 is 17.5 Å². The second-order valence-corrected chi connectivity index (χ2v) is 6.06. The van der Waals surface area contributed by atoms with Gasteiger partial charge in [-0.1, -0.05) is 31.5 Å². The van der Waals surface area contributed by atoms with Crippen LogP contribution in [0.4, 0.5) is 4.39 Å². The highest BCUT2D eigenvalue weighted by Crippen LogP contribution is 2.37. The zero-order chi connectivity index (χ0) is 13.3. The van der Waals surface area contributed by atoms with Crippen LogP contribution in [0.25, 0.3) is 0 Å². The lowest BCUT2D eigenvalue weighted by atomic mass is 9.92. The van der Waals surface area contributed by atoms with Crippen LogP contribution in [0, 0.1) is 11.2 Å². The number of hydrogen-bond acceptors (Lipinski definition) is 1. The average Bonchev–Trinajstić information content (AvgIpc) is 2.62. The van der Waals surface area contributed by atoms with Crippen molar-refractivity contribution in [1.29, 1.82) is 0 Å². The molecule has 1 aliphatic carbocycles. The lowest BCUT2D eigenvalue weighted by Crippen LogP contribution is -2.33. The molecule has 1 aromatic rings. The molecule has 1 unspecified atom stereocenters. The van der Waals surface area contributed by atoms with Crippen molar-refractivity contribution in [3.8, 4) is 0 Å². The zero-order valence-corrected chi connectivity index (χ0v) is 11.4. The van der Waals surface area contributed by atoms with Crippen LogP contribution in [-0.2, 0) is 0 Å². The van der Waals surface area contributed by atoms with Gasteiger partial charge in [0, 0.05) is 6.04 Å². The van der Waals surface area contributed by atoms with Gasteiger partial charge in [0.05, 0.1) is 10.6 Å². The molecular formula is C14H17ClFNO. The molecule has 0 heterocycles. The molecule has 1 atom stereocenters. The van der Waals surface area contributed by atoms with Crippen molar-refractivity contribution in [2.24, 2.45) is 5.41 Å². The predicted octanol–water partition coefficient (Wildman–Crippen LogP) is 3.79. The molecule has 1 fully saturated rings. The Morgan fingerprint density at radius 3 is 2.83 bits per heavy atom. The second kappa shape index (κ2) is 4.88. The van der Waals surface area contributed by atoms with Gasteiger partial charge in [0.25, 0.3) is 5.91 Å². The monoisotopic (exact) mass is 269 g/mol. The Balaban J connectivity index is 2.07. The predicted molar refractivity (Wildman–Crippen MR) is 70.3 cm³/mol. The number of carbonyl (C=O) groups is 1. The van der Waals surface area contributed by atoms with Gasteiger partial charge in [-0.3, -0.25) is 4.79 Å². The van der Waals surface area contributed by atoms with Gasteiger partial charge in [-0.2, -0.15) is 0 Å². The molecule has 0 aliphatic heterocycles. The Labute approximate surface area is 112 Å². The van der Waals surface area contributed by atoms with Crippen molar-refractivity contribution in [2.75, 3.05) is 0 Å². The van der Waals surface area contributed by atoms with Crippen LogP contribution in [0.1, 0.15) is 43.5 Å². The Kier molecular flexibility index (Phi) is 3.62. The molecule has 1 amide bonds. The van der Waals surface area contributed by atoms with E-state index >= 15 is 0 Å². The number of hydrogen-bond donors (Lipinski definition) is 1. The van der Waals surface area contributed by atoms with E-state index in [1.807, 2.05) is 0 Å². The van der Waals surface area contributed by atoms with Crippen molar-refractivity contribution in [3.63, 3.8) is 0 Å². The number of halogens is 2. The Morgan fingerprint density at radius 2 is 2.22 bits per heavy atom. The first-order chi connectivity index (χ1) is 8.39. The molecule has 0 saturated heterocycles. The van der Waals surface area contributed by atoms with Crippen molar-refractivity contribution in [3.05, 3.63) is 34.6 Å². The number of nitrogens with one attached hydrogen (secondary N) is 1. The van der Waals surface area contributed by atoms with Crippen LogP contribution >= 0.6 is 11.6 Å². The van der Waals surface area contributed by atoms with E-state index < -0.39 is 5.82 Å². The summed E-state index contributed by atoms with van der Waals surface area (Å²) in [7, 11) is 0. The van der Waals surface area contributed by atoms with Crippen LogP contribution in [-0.4, -0.2) is 11.9 Å². The van der Waals surface area contributed by atoms with Gasteiger partial charge in [0.2, 0.25) is 0 Å². The maximum absolute atomic E-state index is 13.3. The molecule has 4 heteroatoms. The fourth-order valence-electron chi connectivity index (χ4n) is 2.50. The first-order valence-electron chi connectivity index (χ1n) is 6.14. The highest BCUT2D eigenvalue weighted by Gasteiger charge is 2.32. The zero-order valence-electron chi connectivity index (χ0n) is 10.6. The number of rotatable bonds is 2.